The molecule has 3 aromatic rings. The summed E-state index contributed by atoms with van der Waals surface area (Å²) in [6.45, 7) is 6.20. The zero-order valence-corrected chi connectivity index (χ0v) is 10.8. The molecule has 0 saturated carbocycles. The molecule has 0 aliphatic rings. The summed E-state index contributed by atoms with van der Waals surface area (Å²) in [5, 5.41) is 0. The maximum Gasteiger partial charge on any atom is 0.227 e. The molecule has 0 aliphatic heterocycles. The van der Waals surface area contributed by atoms with Crippen LogP contribution in [0.4, 0.5) is 0 Å². The summed E-state index contributed by atoms with van der Waals surface area (Å²) < 4.78 is 5.91. The lowest BCUT2D eigenvalue weighted by atomic mass is 10.1. The fourth-order valence-corrected chi connectivity index (χ4v) is 2.17. The molecule has 0 spiro atoms. The van der Waals surface area contributed by atoms with Crippen molar-refractivity contribution in [3.05, 3.63) is 53.1 Å². The van der Waals surface area contributed by atoms with Crippen molar-refractivity contribution in [2.45, 2.75) is 20.8 Å². The van der Waals surface area contributed by atoms with E-state index in [0.29, 0.717) is 5.89 Å². The second-order valence-electron chi connectivity index (χ2n) is 4.76. The van der Waals surface area contributed by atoms with Gasteiger partial charge in [0.15, 0.2) is 5.58 Å². The summed E-state index contributed by atoms with van der Waals surface area (Å²) in [5.74, 6) is 0.709. The minimum absolute atomic E-state index is 0.709. The van der Waals surface area contributed by atoms with Crippen LogP contribution in [0.15, 0.2) is 40.8 Å². The maximum atomic E-state index is 5.91. The van der Waals surface area contributed by atoms with Crippen molar-refractivity contribution in [1.82, 2.24) is 4.98 Å². The molecule has 0 amide bonds. The summed E-state index contributed by atoms with van der Waals surface area (Å²) >= 11 is 0. The molecule has 0 unspecified atom stereocenters. The Morgan fingerprint density at radius 3 is 2.56 bits per heavy atom. The van der Waals surface area contributed by atoms with Crippen LogP contribution in [0.5, 0.6) is 0 Å². The summed E-state index contributed by atoms with van der Waals surface area (Å²) in [6, 6.07) is 12.4. The van der Waals surface area contributed by atoms with E-state index in [0.717, 1.165) is 22.2 Å². The van der Waals surface area contributed by atoms with Gasteiger partial charge in [-0.2, -0.15) is 0 Å². The molecule has 1 heterocycles. The SMILES string of the molecule is Cc1ccc(C)c(-c2nc3cccc(C)c3o2)c1. The number of aromatic nitrogens is 1. The molecule has 2 aromatic carbocycles. The summed E-state index contributed by atoms with van der Waals surface area (Å²) in [7, 11) is 0. The van der Waals surface area contributed by atoms with Crippen LogP contribution >= 0.6 is 0 Å². The highest BCUT2D eigenvalue weighted by Gasteiger charge is 2.11. The smallest absolute Gasteiger partial charge is 0.227 e. The van der Waals surface area contributed by atoms with Crippen LogP contribution in [-0.4, -0.2) is 4.98 Å². The van der Waals surface area contributed by atoms with Crippen LogP contribution in [0.1, 0.15) is 16.7 Å². The standard InChI is InChI=1S/C16H15NO/c1-10-7-8-11(2)13(9-10)16-17-14-6-4-5-12(3)15(14)18-16/h4-9H,1-3H3. The molecular weight excluding hydrogens is 222 g/mol. The summed E-state index contributed by atoms with van der Waals surface area (Å²) in [5.41, 5.74) is 6.40. The lowest BCUT2D eigenvalue weighted by Crippen LogP contribution is -1.84. The normalized spacial score (nSPS) is 11.1. The molecule has 3 rings (SSSR count). The number of fused-ring (bicyclic) bond motifs is 1. The van der Waals surface area contributed by atoms with Crippen molar-refractivity contribution >= 4 is 11.1 Å². The highest BCUT2D eigenvalue weighted by Crippen LogP contribution is 2.28. The molecule has 90 valence electrons. The fraction of sp³-hybridized carbons (Fsp3) is 0.188. The van der Waals surface area contributed by atoms with E-state index >= 15 is 0 Å². The lowest BCUT2D eigenvalue weighted by molar-refractivity contribution is 0.617. The predicted octanol–water partition coefficient (Wildman–Crippen LogP) is 4.42. The average Bonchev–Trinajstić information content (AvgIpc) is 2.77. The number of hydrogen-bond donors (Lipinski definition) is 0. The Bertz CT molecular complexity index is 725. The number of benzene rings is 2. The Balaban J connectivity index is 2.26. The number of aryl methyl sites for hydroxylation is 3. The van der Waals surface area contributed by atoms with Gasteiger partial charge in [0.05, 0.1) is 0 Å². The Morgan fingerprint density at radius 1 is 0.944 bits per heavy atom. The van der Waals surface area contributed by atoms with E-state index in [1.54, 1.807) is 0 Å². The van der Waals surface area contributed by atoms with E-state index in [-0.39, 0.29) is 0 Å². The molecular formula is C16H15NO. The van der Waals surface area contributed by atoms with Gasteiger partial charge >= 0.3 is 0 Å². The minimum Gasteiger partial charge on any atom is -0.436 e. The van der Waals surface area contributed by atoms with Gasteiger partial charge in [0.2, 0.25) is 5.89 Å². The van der Waals surface area contributed by atoms with Crippen LogP contribution in [0.25, 0.3) is 22.6 Å². The Labute approximate surface area is 106 Å². The van der Waals surface area contributed by atoms with E-state index in [1.807, 2.05) is 25.1 Å². The topological polar surface area (TPSA) is 26.0 Å². The first-order valence-electron chi connectivity index (χ1n) is 6.09. The van der Waals surface area contributed by atoms with Crippen molar-refractivity contribution < 1.29 is 4.42 Å². The van der Waals surface area contributed by atoms with Gasteiger partial charge < -0.3 is 4.42 Å². The fourth-order valence-electron chi connectivity index (χ4n) is 2.17. The number of hydrogen-bond acceptors (Lipinski definition) is 2. The van der Waals surface area contributed by atoms with Gasteiger partial charge in [0, 0.05) is 5.56 Å². The Kier molecular flexibility index (Phi) is 2.44. The van der Waals surface area contributed by atoms with E-state index in [4.69, 9.17) is 4.42 Å². The first-order valence-corrected chi connectivity index (χ1v) is 6.09. The van der Waals surface area contributed by atoms with Gasteiger partial charge in [-0.05, 0) is 44.0 Å². The first-order chi connectivity index (χ1) is 8.65. The molecule has 2 nitrogen and oxygen atoms in total. The highest BCUT2D eigenvalue weighted by atomic mass is 16.3. The third kappa shape index (κ3) is 1.70. The van der Waals surface area contributed by atoms with Crippen LogP contribution in [-0.2, 0) is 0 Å². The Morgan fingerprint density at radius 2 is 1.78 bits per heavy atom. The van der Waals surface area contributed by atoms with E-state index in [9.17, 15) is 0 Å². The van der Waals surface area contributed by atoms with Crippen LogP contribution in [0.2, 0.25) is 0 Å². The number of rotatable bonds is 1. The van der Waals surface area contributed by atoms with Crippen molar-refractivity contribution in [3.63, 3.8) is 0 Å². The van der Waals surface area contributed by atoms with E-state index < -0.39 is 0 Å². The van der Waals surface area contributed by atoms with Gasteiger partial charge in [0.25, 0.3) is 0 Å². The Hall–Kier alpha value is -2.09. The van der Waals surface area contributed by atoms with Crippen LogP contribution in [0.3, 0.4) is 0 Å². The van der Waals surface area contributed by atoms with Gasteiger partial charge in [-0.3, -0.25) is 0 Å². The van der Waals surface area contributed by atoms with E-state index in [2.05, 4.69) is 37.0 Å². The number of oxazole rings is 1. The highest BCUT2D eigenvalue weighted by molar-refractivity contribution is 5.79. The van der Waals surface area contributed by atoms with Gasteiger partial charge in [-0.15, -0.1) is 0 Å². The summed E-state index contributed by atoms with van der Waals surface area (Å²) in [6.07, 6.45) is 0. The average molecular weight is 237 g/mol. The molecule has 1 aromatic heterocycles. The summed E-state index contributed by atoms with van der Waals surface area (Å²) in [4.78, 5) is 4.58. The largest absolute Gasteiger partial charge is 0.436 e. The molecule has 0 fully saturated rings. The molecule has 0 saturated heterocycles. The number of nitrogens with zero attached hydrogens (tertiary/aromatic N) is 1. The van der Waals surface area contributed by atoms with Gasteiger partial charge in [0.1, 0.15) is 5.52 Å². The van der Waals surface area contributed by atoms with Crippen LogP contribution in [0, 0.1) is 20.8 Å². The zero-order valence-electron chi connectivity index (χ0n) is 10.8. The first kappa shape index (κ1) is 11.0. The predicted molar refractivity (Wildman–Crippen MR) is 73.7 cm³/mol. The molecule has 0 aliphatic carbocycles. The van der Waals surface area contributed by atoms with Crippen molar-refractivity contribution in [2.75, 3.05) is 0 Å². The molecule has 18 heavy (non-hydrogen) atoms. The van der Waals surface area contributed by atoms with Gasteiger partial charge in [-0.25, -0.2) is 4.98 Å². The van der Waals surface area contributed by atoms with Crippen molar-refractivity contribution in [1.29, 1.82) is 0 Å². The zero-order chi connectivity index (χ0) is 12.7. The second-order valence-corrected chi connectivity index (χ2v) is 4.76. The lowest BCUT2D eigenvalue weighted by Gasteiger charge is -2.02. The van der Waals surface area contributed by atoms with Crippen LogP contribution < -0.4 is 0 Å². The quantitative estimate of drug-likeness (QED) is 0.626. The van der Waals surface area contributed by atoms with Crippen molar-refractivity contribution in [3.8, 4) is 11.5 Å². The maximum absolute atomic E-state index is 5.91. The van der Waals surface area contributed by atoms with Crippen molar-refractivity contribution in [2.24, 2.45) is 0 Å². The van der Waals surface area contributed by atoms with E-state index in [1.165, 1.54) is 11.1 Å². The van der Waals surface area contributed by atoms with Gasteiger partial charge in [-0.1, -0.05) is 29.8 Å². The number of para-hydroxylation sites is 1. The monoisotopic (exact) mass is 237 g/mol. The third-order valence-electron chi connectivity index (χ3n) is 3.24. The molecule has 0 atom stereocenters. The molecule has 2 heteroatoms. The molecule has 0 bridgehead atoms. The second kappa shape index (κ2) is 3.98. The molecule has 0 radical (unpaired) electrons. The molecule has 0 N–H and O–H groups in total. The minimum atomic E-state index is 0.709. The third-order valence-corrected chi connectivity index (χ3v) is 3.24.